The Kier molecular flexibility index (Phi) is 4.06. The van der Waals surface area contributed by atoms with Gasteiger partial charge in [-0.2, -0.15) is 0 Å². The predicted octanol–water partition coefficient (Wildman–Crippen LogP) is 6.65. The minimum atomic E-state index is -0.253. The molecule has 0 fully saturated rings. The molecular weight excluding hydrogens is 361 g/mol. The van der Waals surface area contributed by atoms with Crippen molar-refractivity contribution < 1.29 is 4.39 Å². The summed E-state index contributed by atoms with van der Waals surface area (Å²) in [5, 5.41) is 4.82. The lowest BCUT2D eigenvalue weighted by Gasteiger charge is -2.13. The van der Waals surface area contributed by atoms with Gasteiger partial charge in [0.2, 0.25) is 0 Å². The van der Waals surface area contributed by atoms with E-state index in [-0.39, 0.29) is 5.82 Å². The molecule has 0 unspecified atom stereocenters. The molecule has 1 N–H and O–H groups in total. The summed E-state index contributed by atoms with van der Waals surface area (Å²) >= 11 is 0. The molecule has 0 saturated heterocycles. The molecule has 0 aliphatic carbocycles. The molecule has 2 aromatic heterocycles. The van der Waals surface area contributed by atoms with Crippen LogP contribution in [0.3, 0.4) is 0 Å². The van der Waals surface area contributed by atoms with Gasteiger partial charge in [-0.15, -0.1) is 0 Å². The number of aromatic nitrogens is 2. The molecular formula is C25H20FN3. The Balaban J connectivity index is 1.57. The molecule has 0 spiro atoms. The largest absolute Gasteiger partial charge is 0.338 e. The third-order valence-electron chi connectivity index (χ3n) is 5.30. The van der Waals surface area contributed by atoms with Crippen LogP contribution >= 0.6 is 0 Å². The third kappa shape index (κ3) is 3.03. The number of hydrogen-bond donors (Lipinski definition) is 1. The molecule has 0 saturated carbocycles. The van der Waals surface area contributed by atoms with Crippen molar-refractivity contribution in [1.82, 2.24) is 9.38 Å². The molecule has 4 heteroatoms. The van der Waals surface area contributed by atoms with Crippen molar-refractivity contribution in [3.8, 4) is 11.1 Å². The topological polar surface area (TPSA) is 29.3 Å². The van der Waals surface area contributed by atoms with Crippen LogP contribution < -0.4 is 5.32 Å². The zero-order chi connectivity index (χ0) is 20.0. The highest BCUT2D eigenvalue weighted by Gasteiger charge is 2.12. The summed E-state index contributed by atoms with van der Waals surface area (Å²) in [6.45, 7) is 4.18. The second-order valence-corrected chi connectivity index (χ2v) is 7.36. The van der Waals surface area contributed by atoms with Crippen molar-refractivity contribution in [2.24, 2.45) is 0 Å². The smallest absolute Gasteiger partial charge is 0.149 e. The molecule has 0 aliphatic heterocycles. The molecule has 5 rings (SSSR count). The van der Waals surface area contributed by atoms with E-state index in [1.54, 1.807) is 10.5 Å². The summed E-state index contributed by atoms with van der Waals surface area (Å²) < 4.78 is 16.2. The maximum absolute atomic E-state index is 14.4. The zero-order valence-corrected chi connectivity index (χ0v) is 16.3. The van der Waals surface area contributed by atoms with Gasteiger partial charge in [0.1, 0.15) is 17.3 Å². The third-order valence-corrected chi connectivity index (χ3v) is 5.30. The number of aryl methyl sites for hydroxylation is 2. The first-order valence-electron chi connectivity index (χ1n) is 9.60. The summed E-state index contributed by atoms with van der Waals surface area (Å²) in [6.07, 6.45) is 3.31. The average molecular weight is 381 g/mol. The van der Waals surface area contributed by atoms with Crippen LogP contribution in [0.5, 0.6) is 0 Å². The lowest BCUT2D eigenvalue weighted by molar-refractivity contribution is 0.631. The quantitative estimate of drug-likeness (QED) is 0.379. The molecule has 5 aromatic rings. The number of halogens is 1. The summed E-state index contributed by atoms with van der Waals surface area (Å²) in [5.41, 5.74) is 6.42. The fraction of sp³-hybridized carbons (Fsp3) is 0.0800. The van der Waals surface area contributed by atoms with Crippen LogP contribution in [0.15, 0.2) is 79.1 Å². The zero-order valence-electron chi connectivity index (χ0n) is 16.3. The van der Waals surface area contributed by atoms with E-state index in [2.05, 4.69) is 43.4 Å². The maximum Gasteiger partial charge on any atom is 0.149 e. The predicted molar refractivity (Wildman–Crippen MR) is 117 cm³/mol. The van der Waals surface area contributed by atoms with E-state index < -0.39 is 0 Å². The lowest BCUT2D eigenvalue weighted by Crippen LogP contribution is -1.97. The van der Waals surface area contributed by atoms with Gasteiger partial charge in [-0.1, -0.05) is 54.6 Å². The van der Waals surface area contributed by atoms with E-state index in [0.717, 1.165) is 27.8 Å². The molecule has 3 aromatic carbocycles. The van der Waals surface area contributed by atoms with Gasteiger partial charge in [0, 0.05) is 22.7 Å². The Morgan fingerprint density at radius 2 is 1.45 bits per heavy atom. The van der Waals surface area contributed by atoms with E-state index in [4.69, 9.17) is 4.98 Å². The minimum Gasteiger partial charge on any atom is -0.338 e. The highest BCUT2D eigenvalue weighted by molar-refractivity contribution is 5.95. The molecule has 3 nitrogen and oxygen atoms in total. The van der Waals surface area contributed by atoms with Crippen molar-refractivity contribution in [3.63, 3.8) is 0 Å². The second kappa shape index (κ2) is 6.74. The van der Waals surface area contributed by atoms with Crippen LogP contribution in [0.25, 0.3) is 27.5 Å². The van der Waals surface area contributed by atoms with Gasteiger partial charge in [0.15, 0.2) is 0 Å². The van der Waals surface area contributed by atoms with E-state index in [1.165, 1.54) is 17.3 Å². The van der Waals surface area contributed by atoms with Crippen LogP contribution in [0, 0.1) is 19.7 Å². The number of pyridine rings is 1. The van der Waals surface area contributed by atoms with Gasteiger partial charge in [0.05, 0.1) is 6.20 Å². The molecule has 0 amide bonds. The molecule has 0 bridgehead atoms. The number of nitrogens with zero attached hydrogens (tertiary/aromatic N) is 2. The first-order valence-corrected chi connectivity index (χ1v) is 9.60. The monoisotopic (exact) mass is 381 g/mol. The van der Waals surface area contributed by atoms with Crippen LogP contribution in [0.1, 0.15) is 11.1 Å². The summed E-state index contributed by atoms with van der Waals surface area (Å²) in [5.74, 6) is 0.441. The number of nitrogens with one attached hydrogen (secondary N) is 1. The Hall–Kier alpha value is -3.66. The maximum atomic E-state index is 14.4. The van der Waals surface area contributed by atoms with E-state index >= 15 is 0 Å². The molecule has 142 valence electrons. The van der Waals surface area contributed by atoms with Crippen molar-refractivity contribution >= 4 is 27.9 Å². The first-order chi connectivity index (χ1) is 14.1. The summed E-state index contributed by atoms with van der Waals surface area (Å²) in [4.78, 5) is 4.73. The Morgan fingerprint density at radius 3 is 2.17 bits per heavy atom. The minimum absolute atomic E-state index is 0.253. The summed E-state index contributed by atoms with van der Waals surface area (Å²) in [6, 6.07) is 22.1. The number of fused-ring (bicyclic) bond motifs is 3. The number of anilines is 2. The van der Waals surface area contributed by atoms with Gasteiger partial charge < -0.3 is 9.72 Å². The van der Waals surface area contributed by atoms with Crippen LogP contribution in [0.4, 0.5) is 15.9 Å². The highest BCUT2D eigenvalue weighted by Crippen LogP contribution is 2.31. The van der Waals surface area contributed by atoms with Gasteiger partial charge in [0.25, 0.3) is 0 Å². The second-order valence-electron chi connectivity index (χ2n) is 7.36. The van der Waals surface area contributed by atoms with E-state index in [1.807, 2.05) is 42.6 Å². The average Bonchev–Trinajstić information content (AvgIpc) is 3.14. The number of benzene rings is 3. The number of rotatable bonds is 3. The van der Waals surface area contributed by atoms with Crippen molar-refractivity contribution in [3.05, 3.63) is 96.1 Å². The molecule has 0 aliphatic rings. The Bertz CT molecular complexity index is 1330. The fourth-order valence-corrected chi connectivity index (χ4v) is 3.92. The molecule has 0 radical (unpaired) electrons. The van der Waals surface area contributed by atoms with Gasteiger partial charge in [-0.05, 0) is 48.2 Å². The Morgan fingerprint density at radius 1 is 0.793 bits per heavy atom. The SMILES string of the molecule is Cc1cc(-c2ccccc2)cc(C)c1Nc1cn2cc(F)c3ccccc3c2n1. The first kappa shape index (κ1) is 17.4. The van der Waals surface area contributed by atoms with Crippen LogP contribution in [-0.2, 0) is 0 Å². The van der Waals surface area contributed by atoms with E-state index in [9.17, 15) is 4.39 Å². The van der Waals surface area contributed by atoms with Crippen LogP contribution in [-0.4, -0.2) is 9.38 Å². The number of imidazole rings is 1. The van der Waals surface area contributed by atoms with Gasteiger partial charge in [-0.25, -0.2) is 9.37 Å². The Labute approximate surface area is 168 Å². The van der Waals surface area contributed by atoms with Crippen molar-refractivity contribution in [1.29, 1.82) is 0 Å². The van der Waals surface area contributed by atoms with E-state index in [0.29, 0.717) is 11.2 Å². The highest BCUT2D eigenvalue weighted by atomic mass is 19.1. The normalized spacial score (nSPS) is 11.3. The van der Waals surface area contributed by atoms with Crippen molar-refractivity contribution in [2.75, 3.05) is 5.32 Å². The number of hydrogen-bond acceptors (Lipinski definition) is 2. The fourth-order valence-electron chi connectivity index (χ4n) is 3.92. The lowest BCUT2D eigenvalue weighted by atomic mass is 9.99. The van der Waals surface area contributed by atoms with Gasteiger partial charge >= 0.3 is 0 Å². The molecule has 2 heterocycles. The van der Waals surface area contributed by atoms with Crippen LogP contribution in [0.2, 0.25) is 0 Å². The molecule has 29 heavy (non-hydrogen) atoms. The van der Waals surface area contributed by atoms with Gasteiger partial charge in [-0.3, -0.25) is 0 Å². The molecule has 0 atom stereocenters. The standard InChI is InChI=1S/C25H20FN3/c1-16-12-19(18-8-4-3-5-9-18)13-17(2)24(16)27-23-15-29-14-22(26)20-10-6-7-11-21(20)25(29)28-23/h3-15,27H,1-2H3. The van der Waals surface area contributed by atoms with Crippen molar-refractivity contribution in [2.45, 2.75) is 13.8 Å². The summed E-state index contributed by atoms with van der Waals surface area (Å²) in [7, 11) is 0.